The summed E-state index contributed by atoms with van der Waals surface area (Å²) in [5.41, 5.74) is 9.03. The molecule has 0 spiro atoms. The Balaban J connectivity index is 2.37. The first kappa shape index (κ1) is 9.98. The molecule has 4 nitrogen and oxygen atoms in total. The normalized spacial score (nSPS) is 10.9. The van der Waals surface area contributed by atoms with Crippen LogP contribution in [-0.2, 0) is 6.54 Å². The summed E-state index contributed by atoms with van der Waals surface area (Å²) >= 11 is 0. The first-order valence-electron chi connectivity index (χ1n) is 5.10. The fraction of sp³-hybridized carbons (Fsp3) is 0.364. The zero-order valence-electron chi connectivity index (χ0n) is 9.14. The Morgan fingerprint density at radius 3 is 2.53 bits per heavy atom. The molecule has 0 atom stereocenters. The van der Waals surface area contributed by atoms with Crippen LogP contribution < -0.4 is 5.73 Å². The summed E-state index contributed by atoms with van der Waals surface area (Å²) in [6.45, 7) is 5.56. The quantitative estimate of drug-likeness (QED) is 0.818. The maximum atomic E-state index is 5.48. The summed E-state index contributed by atoms with van der Waals surface area (Å²) in [5, 5.41) is 4.26. The number of aromatic nitrogens is 3. The molecule has 2 aromatic rings. The Morgan fingerprint density at radius 1 is 1.27 bits per heavy atom. The second-order valence-corrected chi connectivity index (χ2v) is 3.70. The van der Waals surface area contributed by atoms with Gasteiger partial charge in [0.2, 0.25) is 0 Å². The van der Waals surface area contributed by atoms with E-state index in [0.29, 0.717) is 6.54 Å². The van der Waals surface area contributed by atoms with E-state index in [2.05, 4.69) is 35.6 Å². The van der Waals surface area contributed by atoms with E-state index >= 15 is 0 Å². The summed E-state index contributed by atoms with van der Waals surface area (Å²) < 4.78 is 4.05. The SMILES string of the molecule is Cc1ccc(C)n1-c1cnn(CCN)c1. The van der Waals surface area contributed by atoms with Crippen LogP contribution in [0.2, 0.25) is 0 Å². The molecule has 0 aliphatic rings. The molecule has 2 aromatic heterocycles. The fourth-order valence-electron chi connectivity index (χ4n) is 1.80. The van der Waals surface area contributed by atoms with Crippen LogP contribution in [0.1, 0.15) is 11.4 Å². The fourth-order valence-corrected chi connectivity index (χ4v) is 1.80. The molecule has 4 heteroatoms. The van der Waals surface area contributed by atoms with Crippen molar-refractivity contribution in [3.05, 3.63) is 35.9 Å². The van der Waals surface area contributed by atoms with E-state index in [-0.39, 0.29) is 0 Å². The monoisotopic (exact) mass is 204 g/mol. The van der Waals surface area contributed by atoms with E-state index in [0.717, 1.165) is 12.2 Å². The van der Waals surface area contributed by atoms with Crippen molar-refractivity contribution in [3.8, 4) is 5.69 Å². The smallest absolute Gasteiger partial charge is 0.0837 e. The van der Waals surface area contributed by atoms with Crippen molar-refractivity contribution in [1.29, 1.82) is 0 Å². The van der Waals surface area contributed by atoms with E-state index in [1.165, 1.54) is 11.4 Å². The second kappa shape index (κ2) is 3.90. The molecule has 0 aliphatic carbocycles. The van der Waals surface area contributed by atoms with E-state index in [9.17, 15) is 0 Å². The number of nitrogens with two attached hydrogens (primary N) is 1. The lowest BCUT2D eigenvalue weighted by atomic mass is 10.4. The highest BCUT2D eigenvalue weighted by molar-refractivity contribution is 5.33. The molecule has 2 N–H and O–H groups in total. The molecule has 0 bridgehead atoms. The Labute approximate surface area is 89.3 Å². The molecule has 0 amide bonds. The predicted molar refractivity (Wildman–Crippen MR) is 60.1 cm³/mol. The van der Waals surface area contributed by atoms with Crippen LogP contribution in [0, 0.1) is 13.8 Å². The van der Waals surface area contributed by atoms with Gasteiger partial charge in [-0.3, -0.25) is 4.68 Å². The van der Waals surface area contributed by atoms with Crippen molar-refractivity contribution < 1.29 is 0 Å². The van der Waals surface area contributed by atoms with Crippen molar-refractivity contribution in [2.45, 2.75) is 20.4 Å². The van der Waals surface area contributed by atoms with E-state index in [1.807, 2.05) is 17.1 Å². The molecule has 0 aromatic carbocycles. The largest absolute Gasteiger partial charge is 0.329 e. The van der Waals surface area contributed by atoms with Crippen molar-refractivity contribution in [3.63, 3.8) is 0 Å². The molecule has 0 fully saturated rings. The number of hydrogen-bond donors (Lipinski definition) is 1. The van der Waals surface area contributed by atoms with Gasteiger partial charge in [0.1, 0.15) is 0 Å². The van der Waals surface area contributed by atoms with Gasteiger partial charge in [-0.25, -0.2) is 0 Å². The molecular weight excluding hydrogens is 188 g/mol. The lowest BCUT2D eigenvalue weighted by Crippen LogP contribution is -2.09. The molecule has 0 saturated heterocycles. The molecule has 0 radical (unpaired) electrons. The van der Waals surface area contributed by atoms with Crippen LogP contribution in [-0.4, -0.2) is 20.9 Å². The standard InChI is InChI=1S/C11H16N4/c1-9-3-4-10(2)15(9)11-7-13-14(8-11)6-5-12/h3-4,7-8H,5-6,12H2,1-2H3. The zero-order chi connectivity index (χ0) is 10.8. The minimum Gasteiger partial charge on any atom is -0.329 e. The van der Waals surface area contributed by atoms with Gasteiger partial charge in [-0.05, 0) is 26.0 Å². The third kappa shape index (κ3) is 1.80. The van der Waals surface area contributed by atoms with Crippen molar-refractivity contribution in [2.75, 3.05) is 6.54 Å². The van der Waals surface area contributed by atoms with E-state index in [4.69, 9.17) is 5.73 Å². The van der Waals surface area contributed by atoms with Gasteiger partial charge in [0.15, 0.2) is 0 Å². The molecule has 0 saturated carbocycles. The number of rotatable bonds is 3. The van der Waals surface area contributed by atoms with Gasteiger partial charge in [0.25, 0.3) is 0 Å². The van der Waals surface area contributed by atoms with Crippen molar-refractivity contribution in [1.82, 2.24) is 14.3 Å². The van der Waals surface area contributed by atoms with Crippen molar-refractivity contribution >= 4 is 0 Å². The van der Waals surface area contributed by atoms with Gasteiger partial charge < -0.3 is 10.3 Å². The van der Waals surface area contributed by atoms with Gasteiger partial charge >= 0.3 is 0 Å². The number of nitrogens with zero attached hydrogens (tertiary/aromatic N) is 3. The molecule has 2 heterocycles. The second-order valence-electron chi connectivity index (χ2n) is 3.70. The molecule has 2 rings (SSSR count). The Hall–Kier alpha value is -1.55. The first-order valence-corrected chi connectivity index (χ1v) is 5.10. The minimum atomic E-state index is 0.616. The molecular formula is C11H16N4. The van der Waals surface area contributed by atoms with Crippen LogP contribution in [0.3, 0.4) is 0 Å². The van der Waals surface area contributed by atoms with Crippen LogP contribution in [0.4, 0.5) is 0 Å². The minimum absolute atomic E-state index is 0.616. The molecule has 15 heavy (non-hydrogen) atoms. The van der Waals surface area contributed by atoms with E-state index < -0.39 is 0 Å². The third-order valence-corrected chi connectivity index (χ3v) is 2.51. The Morgan fingerprint density at radius 2 is 1.93 bits per heavy atom. The van der Waals surface area contributed by atoms with Crippen LogP contribution in [0.25, 0.3) is 5.69 Å². The summed E-state index contributed by atoms with van der Waals surface area (Å²) in [7, 11) is 0. The summed E-state index contributed by atoms with van der Waals surface area (Å²) in [6, 6.07) is 4.21. The summed E-state index contributed by atoms with van der Waals surface area (Å²) in [5.74, 6) is 0. The zero-order valence-corrected chi connectivity index (χ0v) is 9.14. The Bertz CT molecular complexity index is 433. The highest BCUT2D eigenvalue weighted by Gasteiger charge is 2.05. The summed E-state index contributed by atoms with van der Waals surface area (Å²) in [6.07, 6.45) is 3.89. The van der Waals surface area contributed by atoms with Gasteiger partial charge in [0.05, 0.1) is 18.4 Å². The maximum absolute atomic E-state index is 5.48. The highest BCUT2D eigenvalue weighted by atomic mass is 15.3. The maximum Gasteiger partial charge on any atom is 0.0837 e. The average molecular weight is 204 g/mol. The van der Waals surface area contributed by atoms with Gasteiger partial charge in [-0.2, -0.15) is 5.10 Å². The van der Waals surface area contributed by atoms with Crippen LogP contribution in [0.15, 0.2) is 24.5 Å². The van der Waals surface area contributed by atoms with Gasteiger partial charge in [-0.1, -0.05) is 0 Å². The predicted octanol–water partition coefficient (Wildman–Crippen LogP) is 1.25. The lowest BCUT2D eigenvalue weighted by Gasteiger charge is -2.05. The van der Waals surface area contributed by atoms with Crippen molar-refractivity contribution in [2.24, 2.45) is 5.73 Å². The Kier molecular flexibility index (Phi) is 2.60. The lowest BCUT2D eigenvalue weighted by molar-refractivity contribution is 0.624. The number of hydrogen-bond acceptors (Lipinski definition) is 2. The van der Waals surface area contributed by atoms with Crippen LogP contribution >= 0.6 is 0 Å². The molecule has 0 aliphatic heterocycles. The molecule has 80 valence electrons. The van der Waals surface area contributed by atoms with Gasteiger partial charge in [-0.15, -0.1) is 0 Å². The first-order chi connectivity index (χ1) is 7.22. The highest BCUT2D eigenvalue weighted by Crippen LogP contribution is 2.14. The van der Waals surface area contributed by atoms with E-state index in [1.54, 1.807) is 0 Å². The summed E-state index contributed by atoms with van der Waals surface area (Å²) in [4.78, 5) is 0. The van der Waals surface area contributed by atoms with Gasteiger partial charge in [0, 0.05) is 24.1 Å². The third-order valence-electron chi connectivity index (χ3n) is 2.51. The average Bonchev–Trinajstić information content (AvgIpc) is 2.75. The number of aryl methyl sites for hydroxylation is 2. The molecule has 0 unspecified atom stereocenters. The van der Waals surface area contributed by atoms with Crippen LogP contribution in [0.5, 0.6) is 0 Å². The topological polar surface area (TPSA) is 48.8 Å².